The zero-order chi connectivity index (χ0) is 10.9. The summed E-state index contributed by atoms with van der Waals surface area (Å²) in [5.41, 5.74) is 0.580. The summed E-state index contributed by atoms with van der Waals surface area (Å²) in [7, 11) is 0. The highest BCUT2D eigenvalue weighted by Crippen LogP contribution is 2.43. The summed E-state index contributed by atoms with van der Waals surface area (Å²) in [5, 5.41) is 8.83. The normalized spacial score (nSPS) is 27.3. The van der Waals surface area contributed by atoms with Crippen LogP contribution in [0.1, 0.15) is 39.0 Å². The first-order valence-corrected chi connectivity index (χ1v) is 6.06. The lowest BCUT2D eigenvalue weighted by atomic mass is 9.68. The average Bonchev–Trinajstić information content (AvgIpc) is 2.16. The van der Waals surface area contributed by atoms with Crippen LogP contribution in [0.15, 0.2) is 0 Å². The second kappa shape index (κ2) is 4.12. The number of aliphatic carboxylic acids is 1. The largest absolute Gasteiger partial charge is 0.481 e. The minimum Gasteiger partial charge on any atom is -0.481 e. The van der Waals surface area contributed by atoms with Gasteiger partial charge in [-0.25, -0.2) is 0 Å². The molecule has 1 saturated heterocycles. The number of hydrogen-bond acceptors (Lipinski definition) is 2. The Bertz CT molecular complexity index is 238. The molecule has 1 saturated carbocycles. The summed E-state index contributed by atoms with van der Waals surface area (Å²) >= 11 is 0. The van der Waals surface area contributed by atoms with E-state index in [2.05, 4.69) is 4.90 Å². The monoisotopic (exact) mass is 211 g/mol. The first kappa shape index (κ1) is 10.9. The quantitative estimate of drug-likeness (QED) is 0.776. The molecule has 86 valence electrons. The van der Waals surface area contributed by atoms with Crippen molar-refractivity contribution in [2.75, 3.05) is 19.6 Å². The molecule has 0 radical (unpaired) electrons. The molecule has 0 bridgehead atoms. The first-order valence-electron chi connectivity index (χ1n) is 6.06. The Labute approximate surface area is 91.5 Å². The van der Waals surface area contributed by atoms with Crippen molar-refractivity contribution in [2.45, 2.75) is 39.0 Å². The van der Waals surface area contributed by atoms with Crippen LogP contribution in [0.5, 0.6) is 0 Å². The minimum atomic E-state index is -0.667. The molecule has 15 heavy (non-hydrogen) atoms. The summed E-state index contributed by atoms with van der Waals surface area (Å²) in [4.78, 5) is 13.0. The van der Waals surface area contributed by atoms with Crippen LogP contribution >= 0.6 is 0 Å². The van der Waals surface area contributed by atoms with Gasteiger partial charge in [-0.05, 0) is 18.3 Å². The summed E-state index contributed by atoms with van der Waals surface area (Å²) in [5.74, 6) is -0.884. The Hall–Kier alpha value is -0.570. The van der Waals surface area contributed by atoms with E-state index in [4.69, 9.17) is 5.11 Å². The maximum atomic E-state index is 10.7. The zero-order valence-electron chi connectivity index (χ0n) is 9.54. The lowest BCUT2D eigenvalue weighted by molar-refractivity contribution is -0.143. The molecule has 0 aromatic heterocycles. The second-order valence-corrected chi connectivity index (χ2v) is 5.47. The van der Waals surface area contributed by atoms with E-state index >= 15 is 0 Å². The molecule has 3 heteroatoms. The molecular weight excluding hydrogens is 190 g/mol. The van der Waals surface area contributed by atoms with Crippen LogP contribution in [0.25, 0.3) is 0 Å². The maximum absolute atomic E-state index is 10.7. The van der Waals surface area contributed by atoms with Gasteiger partial charge in [0.25, 0.3) is 0 Å². The van der Waals surface area contributed by atoms with Gasteiger partial charge < -0.3 is 10.0 Å². The molecule has 2 rings (SSSR count). The molecular formula is C12H21NO2. The van der Waals surface area contributed by atoms with Crippen LogP contribution in [0.3, 0.4) is 0 Å². The molecule has 0 aromatic carbocycles. The molecule has 0 aromatic rings. The van der Waals surface area contributed by atoms with Crippen molar-refractivity contribution in [3.05, 3.63) is 0 Å². The third-order valence-corrected chi connectivity index (χ3v) is 3.99. The fraction of sp³-hybridized carbons (Fsp3) is 0.917. The van der Waals surface area contributed by atoms with Gasteiger partial charge in [-0.3, -0.25) is 4.79 Å². The molecule has 0 amide bonds. The number of likely N-dealkylation sites (tertiary alicyclic amines) is 1. The van der Waals surface area contributed by atoms with Crippen LogP contribution in [0, 0.1) is 11.3 Å². The van der Waals surface area contributed by atoms with Crippen molar-refractivity contribution < 1.29 is 9.90 Å². The van der Waals surface area contributed by atoms with E-state index in [9.17, 15) is 4.79 Å². The van der Waals surface area contributed by atoms with Gasteiger partial charge in [0, 0.05) is 19.6 Å². The summed E-state index contributed by atoms with van der Waals surface area (Å²) < 4.78 is 0. The van der Waals surface area contributed by atoms with Gasteiger partial charge in [0.15, 0.2) is 0 Å². The Kier molecular flexibility index (Phi) is 3.01. The molecule has 1 unspecified atom stereocenters. The molecule has 3 nitrogen and oxygen atoms in total. The number of carboxylic acid groups (broad SMARTS) is 1. The van der Waals surface area contributed by atoms with Crippen molar-refractivity contribution in [3.63, 3.8) is 0 Å². The van der Waals surface area contributed by atoms with Gasteiger partial charge in [-0.1, -0.05) is 26.2 Å². The van der Waals surface area contributed by atoms with Gasteiger partial charge >= 0.3 is 5.97 Å². The van der Waals surface area contributed by atoms with E-state index in [0.717, 1.165) is 19.6 Å². The highest BCUT2D eigenvalue weighted by molar-refractivity contribution is 5.69. The maximum Gasteiger partial charge on any atom is 0.307 e. The number of carbonyl (C=O) groups is 1. The summed E-state index contributed by atoms with van der Waals surface area (Å²) in [6.45, 7) is 4.82. The molecule has 1 aliphatic heterocycles. The summed E-state index contributed by atoms with van der Waals surface area (Å²) in [6, 6.07) is 0. The van der Waals surface area contributed by atoms with Gasteiger partial charge in [-0.2, -0.15) is 0 Å². The standard InChI is InChI=1S/C12H21NO2/c1-10(11(14)15)7-13-8-12(9-13)5-3-2-4-6-12/h10H,2-9H2,1H3,(H,14,15). The Morgan fingerprint density at radius 2 is 1.93 bits per heavy atom. The molecule has 1 aliphatic carbocycles. The Morgan fingerprint density at radius 1 is 1.33 bits per heavy atom. The van der Waals surface area contributed by atoms with E-state index in [0.29, 0.717) is 5.41 Å². The number of carboxylic acids is 1. The third kappa shape index (κ3) is 2.33. The van der Waals surface area contributed by atoms with Gasteiger partial charge in [-0.15, -0.1) is 0 Å². The SMILES string of the molecule is CC(CN1CC2(CCCCC2)C1)C(=O)O. The lowest BCUT2D eigenvalue weighted by Gasteiger charge is -2.53. The minimum absolute atomic E-state index is 0.217. The predicted octanol–water partition coefficient (Wildman–Crippen LogP) is 1.97. The van der Waals surface area contributed by atoms with E-state index in [1.54, 1.807) is 6.92 Å². The topological polar surface area (TPSA) is 40.5 Å². The molecule has 1 spiro atoms. The predicted molar refractivity (Wildman–Crippen MR) is 58.8 cm³/mol. The van der Waals surface area contributed by atoms with Crippen LogP contribution in [0.4, 0.5) is 0 Å². The van der Waals surface area contributed by atoms with Gasteiger partial charge in [0.2, 0.25) is 0 Å². The third-order valence-electron chi connectivity index (χ3n) is 3.99. The molecule has 1 N–H and O–H groups in total. The Morgan fingerprint density at radius 3 is 2.47 bits per heavy atom. The van der Waals surface area contributed by atoms with Crippen LogP contribution < -0.4 is 0 Å². The highest BCUT2D eigenvalue weighted by atomic mass is 16.4. The lowest BCUT2D eigenvalue weighted by Crippen LogP contribution is -2.58. The van der Waals surface area contributed by atoms with Crippen LogP contribution in [-0.2, 0) is 4.79 Å². The smallest absolute Gasteiger partial charge is 0.307 e. The molecule has 1 heterocycles. The molecule has 1 atom stereocenters. The van der Waals surface area contributed by atoms with Crippen LogP contribution in [-0.4, -0.2) is 35.6 Å². The van der Waals surface area contributed by atoms with Gasteiger partial charge in [0.05, 0.1) is 5.92 Å². The van der Waals surface area contributed by atoms with Crippen LogP contribution in [0.2, 0.25) is 0 Å². The fourth-order valence-electron chi connectivity index (χ4n) is 3.11. The van der Waals surface area contributed by atoms with E-state index < -0.39 is 5.97 Å². The van der Waals surface area contributed by atoms with Crippen molar-refractivity contribution in [1.29, 1.82) is 0 Å². The van der Waals surface area contributed by atoms with Crippen molar-refractivity contribution in [3.8, 4) is 0 Å². The van der Waals surface area contributed by atoms with Crippen molar-refractivity contribution >= 4 is 5.97 Å². The first-order chi connectivity index (χ1) is 7.11. The average molecular weight is 211 g/mol. The van der Waals surface area contributed by atoms with Crippen molar-refractivity contribution in [2.24, 2.45) is 11.3 Å². The second-order valence-electron chi connectivity index (χ2n) is 5.47. The number of hydrogen-bond donors (Lipinski definition) is 1. The highest BCUT2D eigenvalue weighted by Gasteiger charge is 2.43. The molecule has 2 aliphatic rings. The summed E-state index contributed by atoms with van der Waals surface area (Å²) in [6.07, 6.45) is 6.88. The fourth-order valence-corrected chi connectivity index (χ4v) is 3.11. The van der Waals surface area contributed by atoms with Gasteiger partial charge in [0.1, 0.15) is 0 Å². The number of rotatable bonds is 3. The molecule has 2 fully saturated rings. The van der Waals surface area contributed by atoms with E-state index in [1.807, 2.05) is 0 Å². The number of nitrogens with zero attached hydrogens (tertiary/aromatic N) is 1. The van der Waals surface area contributed by atoms with E-state index in [-0.39, 0.29) is 5.92 Å². The van der Waals surface area contributed by atoms with E-state index in [1.165, 1.54) is 32.1 Å². The Balaban J connectivity index is 1.75. The zero-order valence-corrected chi connectivity index (χ0v) is 9.54. The van der Waals surface area contributed by atoms with Crippen molar-refractivity contribution in [1.82, 2.24) is 4.90 Å².